The lowest BCUT2D eigenvalue weighted by atomic mass is 9.47. The zero-order valence-electron chi connectivity index (χ0n) is 40.4. The Morgan fingerprint density at radius 1 is 0.813 bits per heavy atom. The molecule has 12 rings (SSSR count). The van der Waals surface area contributed by atoms with E-state index in [1.165, 1.54) is 36.8 Å². The number of thiocarbonyl (C=S) groups is 1. The lowest BCUT2D eigenvalue weighted by Crippen LogP contribution is -2.76. The zero-order chi connectivity index (χ0) is 52.5. The van der Waals surface area contributed by atoms with Gasteiger partial charge >= 0.3 is 5.97 Å². The smallest absolute Gasteiger partial charge is 0.336 e. The van der Waals surface area contributed by atoms with Gasteiger partial charge in [0.15, 0.2) is 16.1 Å². The Morgan fingerprint density at radius 2 is 1.53 bits per heavy atom. The zero-order valence-corrected chi connectivity index (χ0v) is 41.9. The topological polar surface area (TPSA) is 268 Å². The first kappa shape index (κ1) is 50.9. The van der Waals surface area contributed by atoms with Gasteiger partial charge in [-0.2, -0.15) is 4.89 Å². The van der Waals surface area contributed by atoms with Crippen molar-refractivity contribution in [2.24, 2.45) is 23.7 Å². The predicted molar refractivity (Wildman–Crippen MR) is 275 cm³/mol. The first-order chi connectivity index (χ1) is 36.1. The summed E-state index contributed by atoms with van der Waals surface area (Å²) in [4.78, 5) is 50.6. The highest BCUT2D eigenvalue weighted by molar-refractivity contribution is 7.80. The maximum atomic E-state index is 13.3. The monoisotopic (exact) mass is 1060 g/mol. The van der Waals surface area contributed by atoms with Crippen LogP contribution in [0.5, 0.6) is 11.5 Å². The number of aromatic hydroxyl groups is 1. The first-order valence-corrected chi connectivity index (χ1v) is 25.6. The highest BCUT2D eigenvalue weighted by Gasteiger charge is 2.77. The molecule has 6 fully saturated rings. The number of anilines is 1. The number of hydrogen-bond acceptors (Lipinski definition) is 15. The molecule has 1 spiro atoms. The van der Waals surface area contributed by atoms with E-state index >= 15 is 0 Å². The highest BCUT2D eigenvalue weighted by Crippen LogP contribution is 2.70. The molecule has 5 aliphatic carbocycles. The number of amides is 1. The van der Waals surface area contributed by atoms with Gasteiger partial charge in [0.1, 0.15) is 47.3 Å². The molecule has 4 bridgehead atoms. The van der Waals surface area contributed by atoms with Gasteiger partial charge in [-0.15, -0.1) is 0 Å². The van der Waals surface area contributed by atoms with Crippen molar-refractivity contribution in [2.75, 3.05) is 32.1 Å². The number of aliphatic hydroxyl groups is 4. The van der Waals surface area contributed by atoms with Crippen LogP contribution in [-0.4, -0.2) is 111 Å². The lowest BCUT2D eigenvalue weighted by Gasteiger charge is -2.68. The molecular formula is C55H54ClN3O15S. The van der Waals surface area contributed by atoms with Gasteiger partial charge < -0.3 is 65.2 Å². The van der Waals surface area contributed by atoms with E-state index < -0.39 is 54.7 Å². The molecule has 18 nitrogen and oxygen atoms in total. The first-order valence-electron chi connectivity index (χ1n) is 24.8. The van der Waals surface area contributed by atoms with Gasteiger partial charge in [-0.05, 0) is 152 Å². The van der Waals surface area contributed by atoms with Crippen LogP contribution < -0.4 is 26.1 Å². The molecule has 4 aromatic rings. The van der Waals surface area contributed by atoms with Crippen LogP contribution in [0.2, 0.25) is 5.02 Å². The number of phenols is 1. The van der Waals surface area contributed by atoms with Crippen molar-refractivity contribution in [3.8, 4) is 33.9 Å². The fourth-order valence-electron chi connectivity index (χ4n) is 12.5. The molecule has 1 amide bonds. The quantitative estimate of drug-likeness (QED) is 0.0260. The number of halogens is 1. The number of carbonyl (C=O) groups excluding carboxylic acids is 1. The van der Waals surface area contributed by atoms with Crippen molar-refractivity contribution in [1.29, 1.82) is 0 Å². The Labute approximate surface area is 439 Å². The minimum Gasteiger partial charge on any atom is -0.508 e. The Balaban J connectivity index is 0.762. The second-order valence-corrected chi connectivity index (χ2v) is 21.0. The van der Waals surface area contributed by atoms with Crippen molar-refractivity contribution in [2.45, 2.75) is 80.6 Å². The minimum atomic E-state index is -1.69. The van der Waals surface area contributed by atoms with E-state index in [4.69, 9.17) is 52.2 Å². The van der Waals surface area contributed by atoms with E-state index in [0.29, 0.717) is 62.7 Å². The van der Waals surface area contributed by atoms with Crippen molar-refractivity contribution in [3.63, 3.8) is 0 Å². The van der Waals surface area contributed by atoms with Crippen LogP contribution in [0.1, 0.15) is 69.5 Å². The largest absolute Gasteiger partial charge is 0.508 e. The van der Waals surface area contributed by atoms with Gasteiger partial charge in [0.05, 0.1) is 17.2 Å². The Kier molecular flexibility index (Phi) is 13.6. The van der Waals surface area contributed by atoms with Crippen LogP contribution in [0, 0.1) is 23.7 Å². The summed E-state index contributed by atoms with van der Waals surface area (Å²) in [5.74, 6) is -1.17. The summed E-state index contributed by atoms with van der Waals surface area (Å²) in [6.45, 7) is -0.231. The number of fused-ring (bicyclic) bond motifs is 2. The maximum Gasteiger partial charge on any atom is 0.336 e. The van der Waals surface area contributed by atoms with E-state index in [2.05, 4.69) is 16.0 Å². The summed E-state index contributed by atoms with van der Waals surface area (Å²) < 4.78 is 24.2. The number of carboxylic acid groups (broad SMARTS) is 1. The number of carbonyl (C=O) groups is 2. The standard InChI is InChI=1S/C55H54ClN3O15S/c1-69-55(54(73-74-55)31-16-27-15-28(18-31)19-32(54)17-27)40-20-29(21-43(46(40)56)71-52-49(65)48(64)47(63)44(25-60)72-52)14-26-2-4-30(5-3-26)50(66)57-12-13-58-53(75)59-33-6-9-36(39(22-33)51(67)68)45-37-10-7-34(61)23-41(37)70-42-24-35(62)8-11-38(42)45/h2-11,20-24,27-28,31-32,44,47-49,52,60-61,63-65H,12-19,25H2,1H3,(H,57,66)(H,67,68)(H2,58,59,75)/t27?,28?,31?,32?,44-,47+,48+,49-,52-,54?,55?/m1/s1. The van der Waals surface area contributed by atoms with Gasteiger partial charge in [0.2, 0.25) is 6.29 Å². The van der Waals surface area contributed by atoms with Crippen LogP contribution in [0.4, 0.5) is 5.69 Å². The third-order valence-corrected chi connectivity index (χ3v) is 16.4. The summed E-state index contributed by atoms with van der Waals surface area (Å²) >= 11 is 12.8. The molecule has 8 aliphatic rings. The molecule has 75 heavy (non-hydrogen) atoms. The Morgan fingerprint density at radius 3 is 2.21 bits per heavy atom. The number of aromatic carboxylic acids is 1. The maximum absolute atomic E-state index is 13.3. The number of aliphatic hydroxyl groups excluding tert-OH is 4. The number of rotatable bonds is 14. The fraction of sp³-hybridized carbons (Fsp3) is 0.382. The van der Waals surface area contributed by atoms with E-state index in [0.717, 1.165) is 31.2 Å². The van der Waals surface area contributed by atoms with Gasteiger partial charge in [-0.25, -0.2) is 9.68 Å². The van der Waals surface area contributed by atoms with Crippen LogP contribution in [0.15, 0.2) is 100 Å². The lowest BCUT2D eigenvalue weighted by molar-refractivity contribution is -0.645. The number of benzene rings is 5. The second-order valence-electron chi connectivity index (χ2n) is 20.2. The molecule has 0 radical (unpaired) electrons. The van der Waals surface area contributed by atoms with Crippen LogP contribution in [0.3, 0.4) is 0 Å². The van der Waals surface area contributed by atoms with Crippen molar-refractivity contribution in [3.05, 3.63) is 134 Å². The number of methoxy groups -OCH3 is 1. The van der Waals surface area contributed by atoms with Crippen LogP contribution in [0.25, 0.3) is 33.4 Å². The van der Waals surface area contributed by atoms with Gasteiger partial charge in [-0.1, -0.05) is 29.8 Å². The van der Waals surface area contributed by atoms with E-state index in [-0.39, 0.29) is 74.8 Å². The van der Waals surface area contributed by atoms with E-state index in [1.807, 2.05) is 18.2 Å². The fourth-order valence-corrected chi connectivity index (χ4v) is 13.0. The van der Waals surface area contributed by atoms with Gasteiger partial charge in [-0.3, -0.25) is 9.59 Å². The van der Waals surface area contributed by atoms with Gasteiger partial charge in [0, 0.05) is 65.7 Å². The third-order valence-electron chi connectivity index (χ3n) is 15.8. The number of carboxylic acids is 1. The van der Waals surface area contributed by atoms with Crippen LogP contribution >= 0.6 is 23.8 Å². The summed E-state index contributed by atoms with van der Waals surface area (Å²) in [7, 11) is 1.56. The average Bonchev–Trinajstić information content (AvgIpc) is 3.38. The van der Waals surface area contributed by atoms with Crippen molar-refractivity contribution in [1.82, 2.24) is 10.6 Å². The Hall–Kier alpha value is -6.23. The SMILES string of the molecule is COC1(c2cc(Cc3ccc(C(=O)NCCNC(=S)Nc4ccc(-c5c6ccc(=O)cc-6oc6cc(O)ccc56)c(C(=O)O)c4)cc3)cc(O[C@@H]3O[C@H](CO)[C@H](O)[C@H](O)[C@H]3O)c2Cl)OOC12C1CC3CC(C1)CC2C3. The summed E-state index contributed by atoms with van der Waals surface area (Å²) in [5.41, 5.74) is 3.22. The minimum absolute atomic E-state index is 0.0546. The van der Waals surface area contributed by atoms with E-state index in [9.17, 15) is 45.0 Å². The predicted octanol–water partition coefficient (Wildman–Crippen LogP) is 6.06. The van der Waals surface area contributed by atoms with Gasteiger partial charge in [0.25, 0.3) is 11.7 Å². The van der Waals surface area contributed by atoms with E-state index in [1.54, 1.807) is 49.6 Å². The molecule has 0 aromatic heterocycles. The third kappa shape index (κ3) is 8.97. The molecule has 1 unspecified atom stereocenters. The molecule has 3 heterocycles. The van der Waals surface area contributed by atoms with Crippen LogP contribution in [-0.2, 0) is 31.5 Å². The number of hydrogen-bond donors (Lipinski definition) is 9. The molecule has 6 atom stereocenters. The molecule has 392 valence electrons. The number of nitrogens with one attached hydrogen (secondary N) is 3. The average molecular weight is 1060 g/mol. The summed E-state index contributed by atoms with van der Waals surface area (Å²) in [5, 5.41) is 72.1. The molecule has 3 aliphatic heterocycles. The molecule has 4 saturated carbocycles. The molecule has 9 N–H and O–H groups in total. The normalized spacial score (nSPS) is 28.5. The molecular weight excluding hydrogens is 1010 g/mol. The highest BCUT2D eigenvalue weighted by atomic mass is 35.5. The Bertz CT molecular complexity index is 3210. The second kappa shape index (κ2) is 20.0. The molecule has 2 saturated heterocycles. The van der Waals surface area contributed by atoms with Crippen molar-refractivity contribution < 1.29 is 68.6 Å². The summed E-state index contributed by atoms with van der Waals surface area (Å²) in [6, 6.07) is 24.1. The molecule has 20 heteroatoms. The molecule has 4 aromatic carbocycles. The number of ether oxygens (including phenoxy) is 3. The number of phenolic OH excluding ortho intramolecular Hbond substituents is 1. The summed E-state index contributed by atoms with van der Waals surface area (Å²) in [6.07, 6.45) is -2.25. The van der Waals surface area contributed by atoms with Crippen molar-refractivity contribution >= 4 is 57.5 Å².